The molecule has 14 rings (SSSR count). The lowest BCUT2D eigenvalue weighted by Crippen LogP contribution is -2.11. The number of nitrogens with one attached hydrogen (secondary N) is 2. The monoisotopic (exact) mass is 1070 g/mol. The van der Waals surface area contributed by atoms with E-state index in [4.69, 9.17) is 0 Å². The van der Waals surface area contributed by atoms with Gasteiger partial charge in [-0.05, 0) is 151 Å². The molecule has 0 atom stereocenters. The van der Waals surface area contributed by atoms with Gasteiger partial charge in [0.05, 0.1) is 27.6 Å². The van der Waals surface area contributed by atoms with Gasteiger partial charge in [-0.15, -0.1) is 0 Å². The zero-order valence-electron chi connectivity index (χ0n) is 41.6. The summed E-state index contributed by atoms with van der Waals surface area (Å²) in [4.78, 5) is 7.91. The molecule has 0 bridgehead atoms. The molecule has 14 aromatic rings. The van der Waals surface area contributed by atoms with Gasteiger partial charge in [-0.2, -0.15) is 0 Å². The maximum Gasteiger partial charge on any atom is 0.0620 e. The Morgan fingerprint density at radius 1 is 0.329 bits per heavy atom. The average molecular weight is 1070 g/mol. The Hall–Kier alpha value is -7.44. The van der Waals surface area contributed by atoms with Crippen molar-refractivity contribution in [3.05, 3.63) is 208 Å². The summed E-state index contributed by atoms with van der Waals surface area (Å²) in [5, 5.41) is 10.0. The zero-order valence-corrected chi connectivity index (χ0v) is 44.8. The fraction of sp³-hybridized carbons (Fsp3) is 0.118. The van der Waals surface area contributed by atoms with Crippen LogP contribution < -0.4 is 0 Å². The quantitative estimate of drug-likeness (QED) is 0.172. The molecule has 0 aliphatic carbocycles. The molecule has 73 heavy (non-hydrogen) atoms. The van der Waals surface area contributed by atoms with Gasteiger partial charge in [-0.3, -0.25) is 0 Å². The summed E-state index contributed by atoms with van der Waals surface area (Å²) in [7, 11) is 0. The summed E-state index contributed by atoms with van der Waals surface area (Å²) >= 11 is 8.41. The first-order valence-corrected chi connectivity index (χ1v) is 26.9. The Morgan fingerprint density at radius 3 is 1.33 bits per heavy atom. The Bertz CT molecular complexity index is 4560. The minimum Gasteiger partial charge on any atom is -0.354 e. The van der Waals surface area contributed by atoms with Gasteiger partial charge in [-0.1, -0.05) is 177 Å². The molecule has 0 saturated heterocycles. The minimum atomic E-state index is -0.0239. The first-order valence-electron chi connectivity index (χ1n) is 25.3. The first-order chi connectivity index (χ1) is 35.2. The van der Waals surface area contributed by atoms with Crippen LogP contribution in [0.3, 0.4) is 0 Å². The molecule has 352 valence electrons. The number of H-pyrrole nitrogens is 2. The second kappa shape index (κ2) is 16.0. The van der Waals surface area contributed by atoms with Crippen molar-refractivity contribution in [1.82, 2.24) is 14.4 Å². The van der Waals surface area contributed by atoms with Crippen LogP contribution in [0.2, 0.25) is 0 Å². The summed E-state index contributed by atoms with van der Waals surface area (Å²) in [6.45, 7) is 13.9. The fourth-order valence-corrected chi connectivity index (χ4v) is 12.8. The molecule has 0 saturated carbocycles. The lowest BCUT2D eigenvalue weighted by Gasteiger charge is -2.20. The predicted octanol–water partition coefficient (Wildman–Crippen LogP) is 20.6. The number of benzene rings is 10. The van der Waals surface area contributed by atoms with Crippen LogP contribution in [0, 0.1) is 0 Å². The van der Waals surface area contributed by atoms with Crippen molar-refractivity contribution in [3.63, 3.8) is 0 Å². The van der Waals surface area contributed by atoms with Crippen LogP contribution in [-0.2, 0) is 10.8 Å². The second-order valence-corrected chi connectivity index (χ2v) is 23.9. The second-order valence-electron chi connectivity index (χ2n) is 22.2. The van der Waals surface area contributed by atoms with Crippen molar-refractivity contribution < 1.29 is 0 Å². The van der Waals surface area contributed by atoms with Gasteiger partial charge in [0.15, 0.2) is 0 Å². The highest BCUT2D eigenvalue weighted by molar-refractivity contribution is 9.11. The van der Waals surface area contributed by atoms with E-state index in [0.29, 0.717) is 0 Å². The van der Waals surface area contributed by atoms with Crippen molar-refractivity contribution in [2.24, 2.45) is 0 Å². The molecule has 0 spiro atoms. The van der Waals surface area contributed by atoms with Crippen molar-refractivity contribution in [2.75, 3.05) is 0 Å². The highest BCUT2D eigenvalue weighted by Crippen LogP contribution is 2.49. The van der Waals surface area contributed by atoms with E-state index < -0.39 is 0 Å². The van der Waals surface area contributed by atoms with E-state index in [0.717, 1.165) is 53.3 Å². The maximum absolute atomic E-state index is 4.21. The van der Waals surface area contributed by atoms with Crippen molar-refractivity contribution in [2.45, 2.75) is 52.4 Å². The number of fused-ring (bicyclic) bond motifs is 12. The van der Waals surface area contributed by atoms with Crippen LogP contribution in [0.15, 0.2) is 197 Å². The molecule has 10 aromatic carbocycles. The lowest BCUT2D eigenvalue weighted by atomic mass is 9.84. The third-order valence-corrected chi connectivity index (χ3v) is 16.9. The topological polar surface area (TPSA) is 36.0 Å². The fourth-order valence-electron chi connectivity index (χ4n) is 11.7. The van der Waals surface area contributed by atoms with Crippen molar-refractivity contribution in [3.8, 4) is 55.6 Å². The zero-order chi connectivity index (χ0) is 49.7. The Kier molecular flexibility index (Phi) is 9.72. The molecule has 5 heteroatoms. The van der Waals surface area contributed by atoms with Crippen LogP contribution in [-0.4, -0.2) is 14.4 Å². The van der Waals surface area contributed by atoms with E-state index in [1.807, 2.05) is 0 Å². The van der Waals surface area contributed by atoms with E-state index in [2.05, 4.69) is 276 Å². The number of aromatic amines is 2. The summed E-state index contributed by atoms with van der Waals surface area (Å²) < 4.78 is 4.55. The summed E-state index contributed by atoms with van der Waals surface area (Å²) in [6, 6.07) is 70.0. The number of hydrogen-bond donors (Lipinski definition) is 2. The SMILES string of the molecule is CC(C)(C)c1ccc2c(c1)c1cc(C(C)(C)C)cc3c4cc5c(cc4n2c13)[nH]c1c(-c2cc(Br)c(-c3cc(-c4ccccc4)cc4c3[nH]c3ccc(-c6ccccc6)cc34)cc2Br)cc(-c2ccccc2)cc15. The largest absolute Gasteiger partial charge is 0.354 e. The third kappa shape index (κ3) is 6.96. The molecular weight excluding hydrogens is 1020 g/mol. The van der Waals surface area contributed by atoms with Gasteiger partial charge >= 0.3 is 0 Å². The molecule has 4 heterocycles. The van der Waals surface area contributed by atoms with Crippen LogP contribution in [0.25, 0.3) is 137 Å². The molecule has 0 unspecified atom stereocenters. The van der Waals surface area contributed by atoms with Crippen LogP contribution in [0.5, 0.6) is 0 Å². The highest BCUT2D eigenvalue weighted by Gasteiger charge is 2.26. The van der Waals surface area contributed by atoms with Crippen LogP contribution in [0.1, 0.15) is 52.7 Å². The van der Waals surface area contributed by atoms with E-state index in [1.165, 1.54) is 104 Å². The van der Waals surface area contributed by atoms with Gasteiger partial charge in [0.25, 0.3) is 0 Å². The van der Waals surface area contributed by atoms with E-state index in [-0.39, 0.29) is 10.8 Å². The van der Waals surface area contributed by atoms with Gasteiger partial charge in [0.2, 0.25) is 0 Å². The lowest BCUT2D eigenvalue weighted by molar-refractivity contribution is 0.590. The van der Waals surface area contributed by atoms with E-state index >= 15 is 0 Å². The van der Waals surface area contributed by atoms with E-state index in [1.54, 1.807) is 0 Å². The molecule has 0 fully saturated rings. The number of rotatable bonds is 5. The standard InChI is InChI=1S/C68H51Br2N3/c1-67(2,3)44-23-25-62-50(31-44)56-32-45(68(4,5)6)33-57-51-34-49-55-30-43(40-20-14-9-15-21-40)28-53(65(55)72-61(49)37-63(51)73(62)66(56)57)47-36-58(69)46(35-59(47)70)52-27-42(39-18-12-8-13-19-39)29-54-48-26-41(38-16-10-7-11-17-38)22-24-60(48)71-64(52)54/h7-37,71-72H,1-6H3. The maximum atomic E-state index is 4.21. The number of hydrogen-bond acceptors (Lipinski definition) is 0. The summed E-state index contributed by atoms with van der Waals surface area (Å²) in [5.41, 5.74) is 22.5. The predicted molar refractivity (Wildman–Crippen MR) is 320 cm³/mol. The molecule has 2 N–H and O–H groups in total. The Morgan fingerprint density at radius 2 is 0.795 bits per heavy atom. The first kappa shape index (κ1) is 44.3. The van der Waals surface area contributed by atoms with Crippen molar-refractivity contribution in [1.29, 1.82) is 0 Å². The minimum absolute atomic E-state index is 0.0239. The molecule has 0 aliphatic rings. The molecule has 4 aromatic heterocycles. The summed E-state index contributed by atoms with van der Waals surface area (Å²) in [5.74, 6) is 0. The van der Waals surface area contributed by atoms with Gasteiger partial charge in [0, 0.05) is 74.2 Å². The molecular formula is C68H51Br2N3. The summed E-state index contributed by atoms with van der Waals surface area (Å²) in [6.07, 6.45) is 0. The van der Waals surface area contributed by atoms with E-state index in [9.17, 15) is 0 Å². The van der Waals surface area contributed by atoms with Gasteiger partial charge in [0.1, 0.15) is 0 Å². The smallest absolute Gasteiger partial charge is 0.0620 e. The number of aromatic nitrogens is 3. The molecule has 0 radical (unpaired) electrons. The molecule has 3 nitrogen and oxygen atoms in total. The van der Waals surface area contributed by atoms with Crippen molar-refractivity contribution >= 4 is 114 Å². The van der Waals surface area contributed by atoms with Crippen LogP contribution >= 0.6 is 31.9 Å². The average Bonchev–Trinajstić information content (AvgIpc) is 4.16. The highest BCUT2D eigenvalue weighted by atomic mass is 79.9. The Balaban J connectivity index is 1.000. The number of nitrogens with zero attached hydrogens (tertiary/aromatic N) is 1. The molecule has 0 amide bonds. The molecule has 0 aliphatic heterocycles. The van der Waals surface area contributed by atoms with Gasteiger partial charge in [-0.25, -0.2) is 0 Å². The van der Waals surface area contributed by atoms with Gasteiger partial charge < -0.3 is 14.4 Å². The normalized spacial score (nSPS) is 12.7. The van der Waals surface area contributed by atoms with Crippen LogP contribution in [0.4, 0.5) is 0 Å². The Labute approximate surface area is 441 Å². The third-order valence-electron chi connectivity index (χ3n) is 15.6. The number of halogens is 2.